The van der Waals surface area contributed by atoms with Crippen molar-refractivity contribution in [3.63, 3.8) is 0 Å². The Hall–Kier alpha value is -3.84. The Kier molecular flexibility index (Phi) is 5.94. The van der Waals surface area contributed by atoms with Crippen LogP contribution in [0, 0.1) is 6.92 Å². The van der Waals surface area contributed by atoms with Crippen molar-refractivity contribution in [3.05, 3.63) is 92.4 Å². The molecule has 178 valence electrons. The average molecular weight is 491 g/mol. The fourth-order valence-electron chi connectivity index (χ4n) is 4.39. The number of carbonyl (C=O) groups is 1. The lowest BCUT2D eigenvalue weighted by Gasteiger charge is -2.25. The van der Waals surface area contributed by atoms with E-state index in [2.05, 4.69) is 4.98 Å². The van der Waals surface area contributed by atoms with Crippen molar-refractivity contribution in [1.82, 2.24) is 4.98 Å². The van der Waals surface area contributed by atoms with Crippen LogP contribution in [0.4, 0.5) is 5.82 Å². The summed E-state index contributed by atoms with van der Waals surface area (Å²) in [6.07, 6.45) is 1.46. The average Bonchev–Trinajstić information content (AvgIpc) is 3.14. The van der Waals surface area contributed by atoms with E-state index in [0.717, 1.165) is 5.56 Å². The third kappa shape index (κ3) is 3.91. The normalized spacial score (nSPS) is 14.9. The maximum absolute atomic E-state index is 13.8. The summed E-state index contributed by atoms with van der Waals surface area (Å²) >= 11 is 6.05. The van der Waals surface area contributed by atoms with Crippen LogP contribution in [-0.2, 0) is 0 Å². The van der Waals surface area contributed by atoms with Crippen LogP contribution in [0.25, 0.3) is 11.0 Å². The van der Waals surface area contributed by atoms with Gasteiger partial charge >= 0.3 is 0 Å². The van der Waals surface area contributed by atoms with Crippen LogP contribution in [0.5, 0.6) is 11.5 Å². The van der Waals surface area contributed by atoms with E-state index in [0.29, 0.717) is 52.1 Å². The molecule has 2 aromatic heterocycles. The van der Waals surface area contributed by atoms with E-state index in [-0.39, 0.29) is 16.8 Å². The number of benzene rings is 2. The van der Waals surface area contributed by atoms with Gasteiger partial charge in [-0.05, 0) is 62.7 Å². The van der Waals surface area contributed by atoms with Crippen LogP contribution in [0.15, 0.2) is 63.9 Å². The second-order valence-corrected chi connectivity index (χ2v) is 8.59. The van der Waals surface area contributed by atoms with Crippen molar-refractivity contribution in [1.29, 1.82) is 0 Å². The zero-order valence-electron chi connectivity index (χ0n) is 19.5. The molecular formula is C27H23ClN2O5. The molecule has 0 fully saturated rings. The van der Waals surface area contributed by atoms with Crippen molar-refractivity contribution < 1.29 is 18.7 Å². The molecule has 1 atom stereocenters. The lowest BCUT2D eigenvalue weighted by atomic mass is 9.97. The highest BCUT2D eigenvalue weighted by Gasteiger charge is 2.44. The zero-order chi connectivity index (χ0) is 24.7. The third-order valence-electron chi connectivity index (χ3n) is 5.87. The molecule has 0 saturated heterocycles. The summed E-state index contributed by atoms with van der Waals surface area (Å²) < 4.78 is 17.5. The Morgan fingerprint density at radius 1 is 1.00 bits per heavy atom. The van der Waals surface area contributed by atoms with Gasteiger partial charge in [-0.1, -0.05) is 29.3 Å². The first-order valence-corrected chi connectivity index (χ1v) is 11.7. The van der Waals surface area contributed by atoms with Gasteiger partial charge < -0.3 is 13.9 Å². The number of nitrogens with zero attached hydrogens (tertiary/aromatic N) is 2. The molecular weight excluding hydrogens is 468 g/mol. The summed E-state index contributed by atoms with van der Waals surface area (Å²) in [6, 6.07) is 13.2. The van der Waals surface area contributed by atoms with Gasteiger partial charge in [0.05, 0.1) is 35.2 Å². The van der Waals surface area contributed by atoms with Crippen LogP contribution in [0.2, 0.25) is 5.02 Å². The first-order valence-electron chi connectivity index (χ1n) is 11.3. The summed E-state index contributed by atoms with van der Waals surface area (Å²) in [6.45, 7) is 6.57. The number of pyridine rings is 1. The van der Waals surface area contributed by atoms with E-state index in [1.807, 2.05) is 32.9 Å². The number of fused-ring (bicyclic) bond motifs is 2. The maximum atomic E-state index is 13.8. The van der Waals surface area contributed by atoms with Gasteiger partial charge in [0.2, 0.25) is 5.76 Å². The van der Waals surface area contributed by atoms with E-state index in [1.165, 1.54) is 11.1 Å². The van der Waals surface area contributed by atoms with Crippen LogP contribution >= 0.6 is 11.6 Å². The van der Waals surface area contributed by atoms with Gasteiger partial charge in [-0.15, -0.1) is 0 Å². The molecule has 1 aliphatic rings. The third-order valence-corrected chi connectivity index (χ3v) is 6.09. The van der Waals surface area contributed by atoms with Gasteiger partial charge in [0.1, 0.15) is 11.4 Å². The minimum absolute atomic E-state index is 0.0000484. The summed E-state index contributed by atoms with van der Waals surface area (Å²) in [5, 5.41) is 0.855. The Balaban J connectivity index is 1.78. The molecule has 0 saturated carbocycles. The van der Waals surface area contributed by atoms with Crippen LogP contribution in [0.1, 0.15) is 47.1 Å². The Bertz CT molecular complexity index is 1500. The molecule has 5 rings (SSSR count). The molecule has 0 N–H and O–H groups in total. The summed E-state index contributed by atoms with van der Waals surface area (Å²) in [5.74, 6) is 1.01. The predicted molar refractivity (Wildman–Crippen MR) is 134 cm³/mol. The minimum atomic E-state index is -0.776. The smallest absolute Gasteiger partial charge is 0.296 e. The number of amides is 1. The molecule has 35 heavy (non-hydrogen) atoms. The predicted octanol–water partition coefficient (Wildman–Crippen LogP) is 5.70. The molecule has 0 aliphatic carbocycles. The highest BCUT2D eigenvalue weighted by atomic mass is 35.5. The zero-order valence-corrected chi connectivity index (χ0v) is 20.3. The van der Waals surface area contributed by atoms with Gasteiger partial charge in [0.25, 0.3) is 5.91 Å². The molecule has 4 aromatic rings. The molecule has 1 unspecified atom stereocenters. The first-order chi connectivity index (χ1) is 16.9. The number of carbonyl (C=O) groups excluding carboxylic acids is 1. The van der Waals surface area contributed by atoms with Crippen molar-refractivity contribution >= 4 is 34.3 Å². The van der Waals surface area contributed by atoms with Crippen LogP contribution in [0.3, 0.4) is 0 Å². The van der Waals surface area contributed by atoms with Crippen molar-refractivity contribution in [3.8, 4) is 11.5 Å². The van der Waals surface area contributed by atoms with E-state index >= 15 is 0 Å². The number of hydrogen-bond donors (Lipinski definition) is 0. The quantitative estimate of drug-likeness (QED) is 0.345. The Morgan fingerprint density at radius 3 is 2.49 bits per heavy atom. The number of anilines is 1. The Morgan fingerprint density at radius 2 is 1.77 bits per heavy atom. The summed E-state index contributed by atoms with van der Waals surface area (Å²) in [7, 11) is 0. The van der Waals surface area contributed by atoms with Gasteiger partial charge in [-0.3, -0.25) is 14.5 Å². The molecule has 0 bridgehead atoms. The fraction of sp³-hybridized carbons (Fsp3) is 0.222. The highest BCUT2D eigenvalue weighted by Crippen LogP contribution is 2.43. The molecule has 2 aromatic carbocycles. The molecule has 0 radical (unpaired) electrons. The number of rotatable bonds is 6. The van der Waals surface area contributed by atoms with Crippen LogP contribution in [-0.4, -0.2) is 24.1 Å². The SMILES string of the molecule is CCOc1ccc(C2c3c(oc4ccc(C)cc4c3=O)C(=O)N2c2ccc(Cl)cn2)cc1OCC. The number of halogens is 1. The molecule has 3 heterocycles. The standard InChI is InChI=1S/C27H23ClN2O5/c1-4-33-20-10-7-16(13-21(20)34-5-2)24-23-25(31)18-12-15(3)6-9-19(18)35-26(23)27(32)30(24)22-11-8-17(28)14-29-22/h6-14,24H,4-5H2,1-3H3. The van der Waals surface area contributed by atoms with Crippen molar-refractivity contribution in [2.75, 3.05) is 18.1 Å². The summed E-state index contributed by atoms with van der Waals surface area (Å²) in [5.41, 5.74) is 1.95. The van der Waals surface area contributed by atoms with Gasteiger partial charge in [0, 0.05) is 6.20 Å². The second-order valence-electron chi connectivity index (χ2n) is 8.16. The lowest BCUT2D eigenvalue weighted by molar-refractivity contribution is 0.0970. The van der Waals surface area contributed by atoms with E-state index < -0.39 is 11.9 Å². The van der Waals surface area contributed by atoms with E-state index in [1.54, 1.807) is 36.4 Å². The second kappa shape index (κ2) is 9.07. The van der Waals surface area contributed by atoms with Gasteiger partial charge in [-0.25, -0.2) is 4.98 Å². The number of hydrogen-bond acceptors (Lipinski definition) is 6. The monoisotopic (exact) mass is 490 g/mol. The first kappa shape index (κ1) is 22.9. The Labute approximate surface area is 206 Å². The maximum Gasteiger partial charge on any atom is 0.296 e. The largest absolute Gasteiger partial charge is 0.490 e. The number of ether oxygens (including phenoxy) is 2. The molecule has 0 spiro atoms. The minimum Gasteiger partial charge on any atom is -0.490 e. The van der Waals surface area contributed by atoms with E-state index in [4.69, 9.17) is 25.5 Å². The van der Waals surface area contributed by atoms with E-state index in [9.17, 15) is 9.59 Å². The summed E-state index contributed by atoms with van der Waals surface area (Å²) in [4.78, 5) is 33.3. The lowest BCUT2D eigenvalue weighted by Crippen LogP contribution is -2.30. The molecule has 8 heteroatoms. The molecule has 1 amide bonds. The van der Waals surface area contributed by atoms with Crippen molar-refractivity contribution in [2.45, 2.75) is 26.8 Å². The van der Waals surface area contributed by atoms with Crippen LogP contribution < -0.4 is 19.8 Å². The number of aromatic nitrogens is 1. The number of aryl methyl sites for hydroxylation is 1. The fourth-order valence-corrected chi connectivity index (χ4v) is 4.50. The molecule has 1 aliphatic heterocycles. The van der Waals surface area contributed by atoms with Gasteiger partial charge in [0.15, 0.2) is 16.9 Å². The molecule has 7 nitrogen and oxygen atoms in total. The highest BCUT2D eigenvalue weighted by molar-refractivity contribution is 6.30. The topological polar surface area (TPSA) is 81.9 Å². The van der Waals surface area contributed by atoms with Gasteiger partial charge in [-0.2, -0.15) is 0 Å². The van der Waals surface area contributed by atoms with Crippen molar-refractivity contribution in [2.24, 2.45) is 0 Å².